The molecule has 122 valence electrons. The van der Waals surface area contributed by atoms with E-state index in [1.54, 1.807) is 13.0 Å². The Bertz CT molecular complexity index is 941. The van der Waals surface area contributed by atoms with E-state index in [2.05, 4.69) is 15.4 Å². The van der Waals surface area contributed by atoms with Crippen molar-refractivity contribution in [2.45, 2.75) is 31.7 Å². The lowest BCUT2D eigenvalue weighted by Crippen LogP contribution is -2.33. The Morgan fingerprint density at radius 1 is 1.29 bits per heavy atom. The molecule has 6 nitrogen and oxygen atoms in total. The van der Waals surface area contributed by atoms with E-state index >= 15 is 0 Å². The molecule has 1 fully saturated rings. The van der Waals surface area contributed by atoms with Crippen LogP contribution in [-0.4, -0.2) is 20.7 Å². The van der Waals surface area contributed by atoms with Gasteiger partial charge in [0.25, 0.3) is 11.5 Å². The number of amides is 1. The number of hydrogen-bond donors (Lipinski definition) is 1. The average Bonchev–Trinajstić information content (AvgIpc) is 3.34. The smallest absolute Gasteiger partial charge is 0.267 e. The van der Waals surface area contributed by atoms with Gasteiger partial charge in [0.05, 0.1) is 15.9 Å². The monoisotopic (exact) mass is 340 g/mol. The summed E-state index contributed by atoms with van der Waals surface area (Å²) < 4.78 is 2.27. The fraction of sp³-hybridized carbons (Fsp3) is 0.294. The second kappa shape index (κ2) is 5.83. The topological polar surface area (TPSA) is 76.9 Å². The van der Waals surface area contributed by atoms with Crippen molar-refractivity contribution in [1.82, 2.24) is 14.8 Å². The van der Waals surface area contributed by atoms with E-state index < -0.39 is 6.04 Å². The molecule has 0 radical (unpaired) electrons. The number of anilines is 1. The molecular weight excluding hydrogens is 324 g/mol. The van der Waals surface area contributed by atoms with Crippen LogP contribution in [0.1, 0.15) is 37.4 Å². The summed E-state index contributed by atoms with van der Waals surface area (Å²) in [4.78, 5) is 28.9. The largest absolute Gasteiger partial charge is 0.300 e. The van der Waals surface area contributed by atoms with Crippen molar-refractivity contribution in [3.63, 3.8) is 0 Å². The van der Waals surface area contributed by atoms with E-state index in [-0.39, 0.29) is 11.5 Å². The first-order valence-electron chi connectivity index (χ1n) is 7.88. The number of nitrogens with zero attached hydrogens (tertiary/aromatic N) is 3. The van der Waals surface area contributed by atoms with Gasteiger partial charge in [0.2, 0.25) is 0 Å². The second-order valence-corrected chi connectivity index (χ2v) is 7.00. The number of para-hydroxylation sites is 1. The first kappa shape index (κ1) is 15.0. The van der Waals surface area contributed by atoms with Gasteiger partial charge in [-0.2, -0.15) is 5.10 Å². The molecule has 1 saturated carbocycles. The zero-order valence-corrected chi connectivity index (χ0v) is 13.9. The van der Waals surface area contributed by atoms with Gasteiger partial charge in [0.1, 0.15) is 6.04 Å². The Hall–Kier alpha value is -2.54. The Labute approximate surface area is 142 Å². The summed E-state index contributed by atoms with van der Waals surface area (Å²) in [6, 6.07) is 10.2. The molecular formula is C17H16N4O2S. The van der Waals surface area contributed by atoms with Crippen LogP contribution < -0.4 is 10.9 Å². The van der Waals surface area contributed by atoms with Crippen molar-refractivity contribution in [2.75, 3.05) is 5.32 Å². The summed E-state index contributed by atoms with van der Waals surface area (Å²) in [5.74, 6) is 0.132. The Kier molecular flexibility index (Phi) is 3.65. The molecule has 0 saturated heterocycles. The second-order valence-electron chi connectivity index (χ2n) is 5.97. The molecule has 2 aromatic heterocycles. The van der Waals surface area contributed by atoms with Gasteiger partial charge in [-0.3, -0.25) is 9.59 Å². The van der Waals surface area contributed by atoms with E-state index in [1.165, 1.54) is 22.1 Å². The van der Waals surface area contributed by atoms with E-state index in [1.807, 2.05) is 24.3 Å². The lowest BCUT2D eigenvalue weighted by atomic mass is 10.2. The summed E-state index contributed by atoms with van der Waals surface area (Å²) >= 11 is 1.41. The van der Waals surface area contributed by atoms with Crippen molar-refractivity contribution in [3.8, 4) is 0 Å². The quantitative estimate of drug-likeness (QED) is 0.792. The molecule has 1 amide bonds. The van der Waals surface area contributed by atoms with Crippen LogP contribution in [-0.2, 0) is 4.79 Å². The number of hydrogen-bond acceptors (Lipinski definition) is 5. The van der Waals surface area contributed by atoms with Crippen molar-refractivity contribution in [3.05, 3.63) is 52.4 Å². The molecule has 4 rings (SSSR count). The highest BCUT2D eigenvalue weighted by Crippen LogP contribution is 2.38. The maximum Gasteiger partial charge on any atom is 0.267 e. The molecule has 2 heterocycles. The molecule has 0 spiro atoms. The van der Waals surface area contributed by atoms with Crippen LogP contribution in [0, 0.1) is 0 Å². The summed E-state index contributed by atoms with van der Waals surface area (Å²) in [5, 5.41) is 7.68. The fourth-order valence-corrected chi connectivity index (χ4v) is 3.43. The van der Waals surface area contributed by atoms with Crippen LogP contribution in [0.4, 0.5) is 5.13 Å². The lowest BCUT2D eigenvalue weighted by Gasteiger charge is -2.13. The molecule has 1 N–H and O–H groups in total. The molecule has 1 atom stereocenters. The van der Waals surface area contributed by atoms with Crippen LogP contribution >= 0.6 is 11.3 Å². The van der Waals surface area contributed by atoms with Crippen LogP contribution in [0.2, 0.25) is 0 Å². The molecule has 7 heteroatoms. The highest BCUT2D eigenvalue weighted by molar-refractivity contribution is 7.22. The Balaban J connectivity index is 1.57. The molecule has 0 unspecified atom stereocenters. The minimum Gasteiger partial charge on any atom is -0.300 e. The normalized spacial score (nSPS) is 15.4. The molecule has 24 heavy (non-hydrogen) atoms. The molecule has 1 aliphatic carbocycles. The highest BCUT2D eigenvalue weighted by Gasteiger charge is 2.27. The summed E-state index contributed by atoms with van der Waals surface area (Å²) in [5.41, 5.74) is 1.46. The van der Waals surface area contributed by atoms with Gasteiger partial charge in [-0.05, 0) is 38.0 Å². The number of carbonyl (C=O) groups is 1. The highest BCUT2D eigenvalue weighted by atomic mass is 32.1. The standard InChI is InChI=1S/C17H16N4O2S/c1-10(21-15(22)9-8-12(20-21)11-6-7-11)16(23)19-17-18-13-4-2-3-5-14(13)24-17/h2-5,8-11H,6-7H2,1H3,(H,18,19,23)/t10-/m0/s1. The van der Waals surface area contributed by atoms with Gasteiger partial charge >= 0.3 is 0 Å². The van der Waals surface area contributed by atoms with Crippen LogP contribution in [0.25, 0.3) is 10.2 Å². The van der Waals surface area contributed by atoms with E-state index in [9.17, 15) is 9.59 Å². The Morgan fingerprint density at radius 2 is 2.08 bits per heavy atom. The maximum absolute atomic E-state index is 12.5. The summed E-state index contributed by atoms with van der Waals surface area (Å²) in [6.45, 7) is 1.67. The molecule has 1 aliphatic rings. The first-order valence-corrected chi connectivity index (χ1v) is 8.69. The van der Waals surface area contributed by atoms with Crippen molar-refractivity contribution in [2.24, 2.45) is 0 Å². The Morgan fingerprint density at radius 3 is 2.83 bits per heavy atom. The number of rotatable bonds is 4. The lowest BCUT2D eigenvalue weighted by molar-refractivity contribution is -0.119. The predicted octanol–water partition coefficient (Wildman–Crippen LogP) is 2.93. The first-order chi connectivity index (χ1) is 11.6. The maximum atomic E-state index is 12.5. The van der Waals surface area contributed by atoms with E-state index in [4.69, 9.17) is 0 Å². The predicted molar refractivity (Wildman–Crippen MR) is 93.4 cm³/mol. The summed E-state index contributed by atoms with van der Waals surface area (Å²) in [6.07, 6.45) is 2.19. The van der Waals surface area contributed by atoms with Crippen molar-refractivity contribution >= 4 is 32.6 Å². The van der Waals surface area contributed by atoms with Gasteiger partial charge in [0.15, 0.2) is 5.13 Å². The van der Waals surface area contributed by atoms with Crippen molar-refractivity contribution < 1.29 is 4.79 Å². The van der Waals surface area contributed by atoms with Gasteiger partial charge in [-0.1, -0.05) is 23.5 Å². The van der Waals surface area contributed by atoms with Gasteiger partial charge in [-0.25, -0.2) is 9.67 Å². The molecule has 1 aromatic carbocycles. The van der Waals surface area contributed by atoms with E-state index in [0.29, 0.717) is 11.0 Å². The SMILES string of the molecule is C[C@@H](C(=O)Nc1nc2ccccc2s1)n1nc(C2CC2)ccc1=O. The number of aromatic nitrogens is 3. The third kappa shape index (κ3) is 2.82. The number of carbonyl (C=O) groups excluding carboxylic acids is 1. The van der Waals surface area contributed by atoms with Crippen LogP contribution in [0.3, 0.4) is 0 Å². The minimum atomic E-state index is -0.691. The van der Waals surface area contributed by atoms with Crippen LogP contribution in [0.15, 0.2) is 41.2 Å². The number of fused-ring (bicyclic) bond motifs is 1. The summed E-state index contributed by atoms with van der Waals surface area (Å²) in [7, 11) is 0. The zero-order chi connectivity index (χ0) is 16.7. The van der Waals surface area contributed by atoms with E-state index in [0.717, 1.165) is 28.8 Å². The van der Waals surface area contributed by atoms with Gasteiger partial charge < -0.3 is 5.32 Å². The number of thiazole rings is 1. The fourth-order valence-electron chi connectivity index (χ4n) is 2.56. The van der Waals surface area contributed by atoms with Crippen molar-refractivity contribution in [1.29, 1.82) is 0 Å². The molecule has 3 aromatic rings. The molecule has 0 aliphatic heterocycles. The number of benzene rings is 1. The van der Waals surface area contributed by atoms with Crippen LogP contribution in [0.5, 0.6) is 0 Å². The van der Waals surface area contributed by atoms with Gasteiger partial charge in [-0.15, -0.1) is 0 Å². The minimum absolute atomic E-state index is 0.272. The third-order valence-electron chi connectivity index (χ3n) is 4.11. The molecule has 0 bridgehead atoms. The number of nitrogens with one attached hydrogen (secondary N) is 1. The average molecular weight is 340 g/mol. The van der Waals surface area contributed by atoms with Gasteiger partial charge in [0, 0.05) is 12.0 Å². The third-order valence-corrected chi connectivity index (χ3v) is 5.06. The zero-order valence-electron chi connectivity index (χ0n) is 13.1.